The van der Waals surface area contributed by atoms with Crippen molar-refractivity contribution >= 4 is 22.8 Å². The van der Waals surface area contributed by atoms with Gasteiger partial charge in [0.1, 0.15) is 11.3 Å². The van der Waals surface area contributed by atoms with E-state index in [1.807, 2.05) is 28.7 Å². The second-order valence-electron chi connectivity index (χ2n) is 4.98. The topological polar surface area (TPSA) is 53.5 Å². The third-order valence-corrected chi connectivity index (χ3v) is 3.82. The minimum absolute atomic E-state index is 0.569. The molecule has 0 spiro atoms. The molecule has 3 aromatic heterocycles. The third-order valence-electron chi connectivity index (χ3n) is 3.64. The van der Waals surface area contributed by atoms with Gasteiger partial charge >= 0.3 is 0 Å². The highest BCUT2D eigenvalue weighted by Gasteiger charge is 2.18. The monoisotopic (exact) mass is 306 g/mol. The second-order valence-corrected chi connectivity index (χ2v) is 5.36. The van der Waals surface area contributed by atoms with Crippen LogP contribution in [0.3, 0.4) is 0 Å². The molecule has 0 bridgehead atoms. The SMILES string of the molecule is CCc1nn(C)c2c1nc(CCCl)n2CCn1cccn1. The third kappa shape index (κ3) is 2.55. The van der Waals surface area contributed by atoms with E-state index in [1.165, 1.54) is 0 Å². The van der Waals surface area contributed by atoms with Crippen molar-refractivity contribution in [1.29, 1.82) is 0 Å². The normalized spacial score (nSPS) is 11.6. The zero-order valence-corrected chi connectivity index (χ0v) is 13.1. The van der Waals surface area contributed by atoms with E-state index in [-0.39, 0.29) is 0 Å². The van der Waals surface area contributed by atoms with E-state index in [4.69, 9.17) is 16.6 Å². The number of imidazole rings is 1. The molecule has 0 aliphatic heterocycles. The molecule has 0 aromatic carbocycles. The molecule has 0 radical (unpaired) electrons. The summed E-state index contributed by atoms with van der Waals surface area (Å²) in [6.45, 7) is 3.72. The Kier molecular flexibility index (Phi) is 3.96. The van der Waals surface area contributed by atoms with Crippen LogP contribution in [-0.4, -0.2) is 35.0 Å². The summed E-state index contributed by atoms with van der Waals surface area (Å²) in [7, 11) is 1.97. The molecular formula is C14H19ClN6. The zero-order chi connectivity index (χ0) is 14.8. The molecule has 6 nitrogen and oxygen atoms in total. The van der Waals surface area contributed by atoms with Crippen LogP contribution in [0.2, 0.25) is 0 Å². The summed E-state index contributed by atoms with van der Waals surface area (Å²) in [5.41, 5.74) is 3.11. The second kappa shape index (κ2) is 5.89. The Morgan fingerprint density at radius 1 is 1.29 bits per heavy atom. The van der Waals surface area contributed by atoms with Gasteiger partial charge in [0.2, 0.25) is 0 Å². The summed E-state index contributed by atoms with van der Waals surface area (Å²) in [6.07, 6.45) is 5.41. The molecule has 0 amide bonds. The average molecular weight is 307 g/mol. The standard InChI is InChI=1S/C14H19ClN6/c1-3-11-13-14(19(2)18-11)21(12(17-13)5-6-15)10-9-20-8-4-7-16-20/h4,7-8H,3,5-6,9-10H2,1-2H3. The molecule has 7 heteroatoms. The highest BCUT2D eigenvalue weighted by molar-refractivity contribution is 6.17. The number of nitrogens with zero attached hydrogens (tertiary/aromatic N) is 6. The number of hydrogen-bond donors (Lipinski definition) is 0. The zero-order valence-electron chi connectivity index (χ0n) is 12.3. The van der Waals surface area contributed by atoms with Gasteiger partial charge in [-0.15, -0.1) is 11.6 Å². The highest BCUT2D eigenvalue weighted by Crippen LogP contribution is 2.20. The predicted molar refractivity (Wildman–Crippen MR) is 82.5 cm³/mol. The van der Waals surface area contributed by atoms with Crippen LogP contribution in [0.5, 0.6) is 0 Å². The van der Waals surface area contributed by atoms with Gasteiger partial charge in [-0.3, -0.25) is 9.36 Å². The Morgan fingerprint density at radius 2 is 2.14 bits per heavy atom. The fourth-order valence-electron chi connectivity index (χ4n) is 2.67. The van der Waals surface area contributed by atoms with E-state index in [0.717, 1.165) is 48.6 Å². The quantitative estimate of drug-likeness (QED) is 0.655. The van der Waals surface area contributed by atoms with Crippen molar-refractivity contribution in [1.82, 2.24) is 29.1 Å². The van der Waals surface area contributed by atoms with Crippen molar-refractivity contribution < 1.29 is 0 Å². The molecule has 3 heterocycles. The summed E-state index contributed by atoms with van der Waals surface area (Å²) < 4.78 is 6.06. The first kappa shape index (κ1) is 14.1. The molecule has 21 heavy (non-hydrogen) atoms. The van der Waals surface area contributed by atoms with Crippen LogP contribution in [0.15, 0.2) is 18.5 Å². The maximum absolute atomic E-state index is 5.92. The Hall–Kier alpha value is -1.82. The van der Waals surface area contributed by atoms with Crippen molar-refractivity contribution in [3.63, 3.8) is 0 Å². The summed E-state index contributed by atoms with van der Waals surface area (Å²) >= 11 is 5.92. The first-order chi connectivity index (χ1) is 10.2. The molecule has 0 N–H and O–H groups in total. The summed E-state index contributed by atoms with van der Waals surface area (Å²) in [6, 6.07) is 1.93. The van der Waals surface area contributed by atoms with Crippen LogP contribution in [0, 0.1) is 0 Å². The number of halogens is 1. The Balaban J connectivity index is 2.00. The number of rotatable bonds is 6. The molecule has 0 fully saturated rings. The van der Waals surface area contributed by atoms with Gasteiger partial charge < -0.3 is 4.57 Å². The molecular weight excluding hydrogens is 288 g/mol. The Labute approximate surface area is 128 Å². The summed E-state index contributed by atoms with van der Waals surface area (Å²) in [5.74, 6) is 1.59. The van der Waals surface area contributed by atoms with Gasteiger partial charge in [-0.25, -0.2) is 4.98 Å². The number of hydrogen-bond acceptors (Lipinski definition) is 3. The van der Waals surface area contributed by atoms with E-state index in [0.29, 0.717) is 5.88 Å². The van der Waals surface area contributed by atoms with Gasteiger partial charge in [-0.05, 0) is 12.5 Å². The fourth-order valence-corrected chi connectivity index (χ4v) is 2.84. The molecule has 0 aliphatic carbocycles. The summed E-state index contributed by atoms with van der Waals surface area (Å²) in [5, 5.41) is 8.80. The Bertz CT molecular complexity index is 724. The van der Waals surface area contributed by atoms with E-state index in [9.17, 15) is 0 Å². The lowest BCUT2D eigenvalue weighted by Gasteiger charge is -2.09. The molecule has 0 saturated carbocycles. The van der Waals surface area contributed by atoms with Gasteiger partial charge in [0.15, 0.2) is 5.65 Å². The lowest BCUT2D eigenvalue weighted by atomic mass is 10.3. The molecule has 0 atom stereocenters. The lowest BCUT2D eigenvalue weighted by molar-refractivity contribution is 0.522. The van der Waals surface area contributed by atoms with Crippen molar-refractivity contribution in [2.24, 2.45) is 7.05 Å². The van der Waals surface area contributed by atoms with Gasteiger partial charge in [0.05, 0.1) is 12.2 Å². The van der Waals surface area contributed by atoms with E-state index in [1.54, 1.807) is 6.20 Å². The van der Waals surface area contributed by atoms with Crippen molar-refractivity contribution in [3.8, 4) is 0 Å². The summed E-state index contributed by atoms with van der Waals surface area (Å²) in [4.78, 5) is 4.76. The number of alkyl halides is 1. The molecule has 3 rings (SSSR count). The van der Waals surface area contributed by atoms with E-state index >= 15 is 0 Å². The Morgan fingerprint density at radius 3 is 2.81 bits per heavy atom. The van der Waals surface area contributed by atoms with Gasteiger partial charge in [-0.2, -0.15) is 10.2 Å². The van der Waals surface area contributed by atoms with Crippen LogP contribution in [0.4, 0.5) is 0 Å². The maximum atomic E-state index is 5.92. The molecule has 3 aromatic rings. The van der Waals surface area contributed by atoms with E-state index in [2.05, 4.69) is 21.7 Å². The largest absolute Gasteiger partial charge is 0.311 e. The van der Waals surface area contributed by atoms with Crippen molar-refractivity contribution in [3.05, 3.63) is 30.0 Å². The van der Waals surface area contributed by atoms with Crippen LogP contribution < -0.4 is 0 Å². The predicted octanol–water partition coefficient (Wildman–Crippen LogP) is 2.01. The van der Waals surface area contributed by atoms with Gasteiger partial charge in [-0.1, -0.05) is 6.92 Å². The van der Waals surface area contributed by atoms with Crippen molar-refractivity contribution in [2.75, 3.05) is 5.88 Å². The average Bonchev–Trinajstić information content (AvgIpc) is 3.16. The van der Waals surface area contributed by atoms with Crippen molar-refractivity contribution in [2.45, 2.75) is 32.9 Å². The number of aryl methyl sites for hydroxylation is 5. The number of fused-ring (bicyclic) bond motifs is 1. The highest BCUT2D eigenvalue weighted by atomic mass is 35.5. The number of aromatic nitrogens is 6. The molecule has 0 aliphatic rings. The van der Waals surface area contributed by atoms with Crippen LogP contribution >= 0.6 is 11.6 Å². The smallest absolute Gasteiger partial charge is 0.158 e. The first-order valence-corrected chi connectivity index (χ1v) is 7.72. The lowest BCUT2D eigenvalue weighted by Crippen LogP contribution is -2.13. The van der Waals surface area contributed by atoms with Crippen LogP contribution in [0.25, 0.3) is 11.2 Å². The van der Waals surface area contributed by atoms with Crippen LogP contribution in [0.1, 0.15) is 18.4 Å². The molecule has 0 saturated heterocycles. The minimum Gasteiger partial charge on any atom is -0.311 e. The maximum Gasteiger partial charge on any atom is 0.158 e. The molecule has 112 valence electrons. The molecule has 0 unspecified atom stereocenters. The van der Waals surface area contributed by atoms with Gasteiger partial charge in [0, 0.05) is 38.3 Å². The van der Waals surface area contributed by atoms with Gasteiger partial charge in [0.25, 0.3) is 0 Å². The fraction of sp³-hybridized carbons (Fsp3) is 0.500. The van der Waals surface area contributed by atoms with Crippen LogP contribution in [-0.2, 0) is 33.0 Å². The first-order valence-electron chi connectivity index (χ1n) is 7.19. The minimum atomic E-state index is 0.569. The van der Waals surface area contributed by atoms with E-state index < -0.39 is 0 Å².